The van der Waals surface area contributed by atoms with Gasteiger partial charge in [0.25, 0.3) is 0 Å². The maximum absolute atomic E-state index is 13.9. The maximum Gasteiger partial charge on any atom is 0.137 e. The molecule has 0 bridgehead atoms. The molecule has 1 fully saturated rings. The maximum atomic E-state index is 13.9. The molecular weight excluding hydrogens is 301 g/mol. The molecule has 0 saturated carbocycles. The second-order valence-corrected chi connectivity index (χ2v) is 6.46. The van der Waals surface area contributed by atoms with Crippen molar-refractivity contribution in [3.63, 3.8) is 0 Å². The van der Waals surface area contributed by atoms with E-state index < -0.39 is 0 Å². The number of halogens is 1. The zero-order chi connectivity index (χ0) is 16.5. The van der Waals surface area contributed by atoms with Gasteiger partial charge in [-0.2, -0.15) is 0 Å². The first kappa shape index (κ1) is 15.3. The number of nitrogens with zero attached hydrogens (tertiary/aromatic N) is 3. The molecule has 2 aromatic rings. The van der Waals surface area contributed by atoms with Gasteiger partial charge >= 0.3 is 0 Å². The van der Waals surface area contributed by atoms with Gasteiger partial charge in [-0.3, -0.25) is 0 Å². The van der Waals surface area contributed by atoms with Crippen molar-refractivity contribution in [2.24, 2.45) is 4.99 Å². The first-order chi connectivity index (χ1) is 11.7. The van der Waals surface area contributed by atoms with Crippen LogP contribution in [0, 0.1) is 5.82 Å². The van der Waals surface area contributed by atoms with Crippen molar-refractivity contribution in [3.8, 4) is 0 Å². The number of hydrogen-bond donors (Lipinski definition) is 0. The van der Waals surface area contributed by atoms with Crippen LogP contribution in [0.15, 0.2) is 47.5 Å². The highest BCUT2D eigenvalue weighted by Gasteiger charge is 2.24. The summed E-state index contributed by atoms with van der Waals surface area (Å²) in [6, 6.07) is 13.3. The predicted octanol–water partition coefficient (Wildman–Crippen LogP) is 3.45. The molecule has 2 aliphatic heterocycles. The molecule has 24 heavy (non-hydrogen) atoms. The lowest BCUT2D eigenvalue weighted by atomic mass is 9.99. The highest BCUT2D eigenvalue weighted by Crippen LogP contribution is 2.30. The lowest BCUT2D eigenvalue weighted by molar-refractivity contribution is 0.190. The van der Waals surface area contributed by atoms with Gasteiger partial charge in [-0.05, 0) is 35.9 Å². The van der Waals surface area contributed by atoms with Crippen LogP contribution < -0.4 is 0 Å². The van der Waals surface area contributed by atoms with Gasteiger partial charge < -0.3 is 9.80 Å². The molecule has 0 N–H and O–H groups in total. The minimum Gasteiger partial charge on any atom is -0.354 e. The van der Waals surface area contributed by atoms with Crippen LogP contribution in [-0.2, 0) is 6.42 Å². The molecule has 0 radical (unpaired) electrons. The lowest BCUT2D eigenvalue weighted by Crippen LogP contribution is -2.48. The molecule has 2 heterocycles. The molecule has 0 aliphatic carbocycles. The van der Waals surface area contributed by atoms with Crippen LogP contribution in [0.25, 0.3) is 0 Å². The van der Waals surface area contributed by atoms with E-state index in [0.717, 1.165) is 61.8 Å². The second-order valence-electron chi connectivity index (χ2n) is 6.46. The Morgan fingerprint density at radius 2 is 1.79 bits per heavy atom. The summed E-state index contributed by atoms with van der Waals surface area (Å²) in [5, 5.41) is 0. The molecule has 0 atom stereocenters. The number of amidine groups is 1. The Bertz CT molecular complexity index is 776. The average molecular weight is 323 g/mol. The summed E-state index contributed by atoms with van der Waals surface area (Å²) in [6.45, 7) is 7.20. The summed E-state index contributed by atoms with van der Waals surface area (Å²) < 4.78 is 13.9. The van der Waals surface area contributed by atoms with Gasteiger partial charge in [0.1, 0.15) is 11.7 Å². The van der Waals surface area contributed by atoms with E-state index in [1.54, 1.807) is 12.1 Å². The molecule has 0 spiro atoms. The normalized spacial score (nSPS) is 17.8. The zero-order valence-corrected chi connectivity index (χ0v) is 14.0. The summed E-state index contributed by atoms with van der Waals surface area (Å²) in [6.07, 6.45) is 0.799. The molecule has 124 valence electrons. The van der Waals surface area contributed by atoms with Crippen LogP contribution in [0.3, 0.4) is 0 Å². The lowest BCUT2D eigenvalue weighted by Gasteiger charge is -2.36. The highest BCUT2D eigenvalue weighted by atomic mass is 19.1. The van der Waals surface area contributed by atoms with Gasteiger partial charge in [-0.15, -0.1) is 0 Å². The minimum absolute atomic E-state index is 0.195. The molecule has 4 rings (SSSR count). The van der Waals surface area contributed by atoms with Crippen molar-refractivity contribution in [3.05, 3.63) is 65.0 Å². The molecule has 0 amide bonds. The number of aliphatic imine (C=N–C) groups is 1. The van der Waals surface area contributed by atoms with Gasteiger partial charge in [-0.25, -0.2) is 9.38 Å². The summed E-state index contributed by atoms with van der Waals surface area (Å²) in [4.78, 5) is 9.70. The third-order valence-corrected chi connectivity index (χ3v) is 5.03. The molecule has 1 saturated heterocycles. The zero-order valence-electron chi connectivity index (χ0n) is 14.0. The molecule has 3 nitrogen and oxygen atoms in total. The van der Waals surface area contributed by atoms with Gasteiger partial charge in [0.2, 0.25) is 0 Å². The van der Waals surface area contributed by atoms with Crippen molar-refractivity contribution in [2.45, 2.75) is 13.3 Å². The fraction of sp³-hybridized carbons (Fsp3) is 0.350. The summed E-state index contributed by atoms with van der Waals surface area (Å²) >= 11 is 0. The fourth-order valence-corrected chi connectivity index (χ4v) is 3.58. The molecule has 4 heteroatoms. The minimum atomic E-state index is -0.195. The van der Waals surface area contributed by atoms with Crippen LogP contribution in [0.5, 0.6) is 0 Å². The van der Waals surface area contributed by atoms with Crippen LogP contribution in [0.1, 0.15) is 23.6 Å². The molecular formula is C20H22FN3. The van der Waals surface area contributed by atoms with Gasteiger partial charge in [0.15, 0.2) is 0 Å². The molecule has 2 aliphatic rings. The number of piperazine rings is 1. The van der Waals surface area contributed by atoms with E-state index in [4.69, 9.17) is 4.99 Å². The van der Waals surface area contributed by atoms with Gasteiger partial charge in [0, 0.05) is 38.2 Å². The number of likely N-dealkylation sites (N-methyl/N-ethyl adjacent to an activating group) is 1. The summed E-state index contributed by atoms with van der Waals surface area (Å²) in [5.74, 6) is 0.727. The third kappa shape index (κ3) is 2.82. The van der Waals surface area contributed by atoms with Crippen LogP contribution >= 0.6 is 0 Å². The van der Waals surface area contributed by atoms with Crippen LogP contribution in [0.2, 0.25) is 0 Å². The fourth-order valence-electron chi connectivity index (χ4n) is 3.58. The third-order valence-electron chi connectivity index (χ3n) is 5.03. The Kier molecular flexibility index (Phi) is 4.07. The van der Waals surface area contributed by atoms with E-state index in [2.05, 4.69) is 28.9 Å². The largest absolute Gasteiger partial charge is 0.354 e. The SMILES string of the molecule is CCN1CCN(C2=Nc3ccccc3Cc3ccc(F)cc32)CC1. The Morgan fingerprint density at radius 3 is 2.58 bits per heavy atom. The summed E-state index contributed by atoms with van der Waals surface area (Å²) in [5.41, 5.74) is 4.30. The van der Waals surface area contributed by atoms with Crippen molar-refractivity contribution >= 4 is 11.5 Å². The predicted molar refractivity (Wildman–Crippen MR) is 95.5 cm³/mol. The summed E-state index contributed by atoms with van der Waals surface area (Å²) in [7, 11) is 0. The molecule has 2 aromatic carbocycles. The first-order valence-corrected chi connectivity index (χ1v) is 8.67. The Hall–Kier alpha value is -2.20. The van der Waals surface area contributed by atoms with E-state index in [1.807, 2.05) is 18.2 Å². The molecule has 0 unspecified atom stereocenters. The van der Waals surface area contributed by atoms with E-state index in [1.165, 1.54) is 5.56 Å². The second kappa shape index (κ2) is 6.36. The van der Waals surface area contributed by atoms with Crippen LogP contribution in [0.4, 0.5) is 10.1 Å². The highest BCUT2D eigenvalue weighted by molar-refractivity contribution is 6.02. The van der Waals surface area contributed by atoms with Gasteiger partial charge in [-0.1, -0.05) is 31.2 Å². The Labute approximate surface area is 142 Å². The Balaban J connectivity index is 1.78. The quantitative estimate of drug-likeness (QED) is 0.800. The monoisotopic (exact) mass is 323 g/mol. The first-order valence-electron chi connectivity index (χ1n) is 8.67. The van der Waals surface area contributed by atoms with Crippen molar-refractivity contribution in [2.75, 3.05) is 32.7 Å². The number of benzene rings is 2. The number of rotatable bonds is 1. The number of hydrogen-bond acceptors (Lipinski definition) is 3. The van der Waals surface area contributed by atoms with E-state index >= 15 is 0 Å². The van der Waals surface area contributed by atoms with Crippen molar-refractivity contribution in [1.29, 1.82) is 0 Å². The Morgan fingerprint density at radius 1 is 1.00 bits per heavy atom. The van der Waals surface area contributed by atoms with Gasteiger partial charge in [0.05, 0.1) is 5.69 Å². The van der Waals surface area contributed by atoms with E-state index in [0.29, 0.717) is 0 Å². The topological polar surface area (TPSA) is 18.8 Å². The van der Waals surface area contributed by atoms with E-state index in [-0.39, 0.29) is 5.82 Å². The van der Waals surface area contributed by atoms with Crippen molar-refractivity contribution in [1.82, 2.24) is 9.80 Å². The smallest absolute Gasteiger partial charge is 0.137 e. The van der Waals surface area contributed by atoms with E-state index in [9.17, 15) is 4.39 Å². The number of para-hydroxylation sites is 1. The standard InChI is InChI=1S/C20H22FN3/c1-2-23-9-11-24(12-10-23)20-18-14-17(21)8-7-15(18)13-16-5-3-4-6-19(16)22-20/h3-8,14H,2,9-13H2,1H3. The van der Waals surface area contributed by atoms with Crippen molar-refractivity contribution < 1.29 is 4.39 Å². The van der Waals surface area contributed by atoms with Crippen LogP contribution in [-0.4, -0.2) is 48.4 Å². The molecule has 0 aromatic heterocycles. The number of fused-ring (bicyclic) bond motifs is 2. The average Bonchev–Trinajstić information content (AvgIpc) is 2.78.